The third-order valence-corrected chi connectivity index (χ3v) is 1.20. The van der Waals surface area contributed by atoms with Gasteiger partial charge in [0.25, 0.3) is 0 Å². The predicted octanol–water partition coefficient (Wildman–Crippen LogP) is 0.175. The lowest BCUT2D eigenvalue weighted by Crippen LogP contribution is -2.24. The van der Waals surface area contributed by atoms with E-state index in [4.69, 9.17) is 11.5 Å². The summed E-state index contributed by atoms with van der Waals surface area (Å²) in [6, 6.07) is 0. The number of hydrogen-bond acceptors (Lipinski definition) is 2. The first-order valence-corrected chi connectivity index (χ1v) is 2.90. The Kier molecular flexibility index (Phi) is 4.53. The average molecular weight is 138 g/mol. The minimum atomic E-state index is -2.32. The molecule has 0 aromatic heterocycles. The Hall–Kier alpha value is -0.220. The Morgan fingerprint density at radius 2 is 1.78 bits per heavy atom. The van der Waals surface area contributed by atoms with Crippen molar-refractivity contribution in [2.75, 3.05) is 13.1 Å². The number of nitrogens with two attached hydrogens (primary N) is 2. The van der Waals surface area contributed by atoms with Crippen molar-refractivity contribution in [3.05, 3.63) is 0 Å². The number of hydrogen-bond donors (Lipinski definition) is 2. The lowest BCUT2D eigenvalue weighted by Gasteiger charge is -2.10. The summed E-state index contributed by atoms with van der Waals surface area (Å²) in [7, 11) is 0. The van der Waals surface area contributed by atoms with Crippen LogP contribution in [0.15, 0.2) is 0 Å². The van der Waals surface area contributed by atoms with Crippen LogP contribution in [-0.4, -0.2) is 19.5 Å². The van der Waals surface area contributed by atoms with E-state index in [1.807, 2.05) is 0 Å². The summed E-state index contributed by atoms with van der Waals surface area (Å²) in [5, 5.41) is 0. The lowest BCUT2D eigenvalue weighted by molar-refractivity contribution is 0.0780. The zero-order chi connectivity index (χ0) is 7.28. The molecule has 0 bridgehead atoms. The largest absolute Gasteiger partial charge is 0.330 e. The van der Waals surface area contributed by atoms with Crippen LogP contribution < -0.4 is 11.5 Å². The molecule has 0 aliphatic heterocycles. The summed E-state index contributed by atoms with van der Waals surface area (Å²) >= 11 is 0. The highest BCUT2D eigenvalue weighted by molar-refractivity contribution is 4.61. The zero-order valence-corrected chi connectivity index (χ0v) is 5.19. The van der Waals surface area contributed by atoms with E-state index >= 15 is 0 Å². The molecule has 0 fully saturated rings. The van der Waals surface area contributed by atoms with Crippen molar-refractivity contribution in [1.29, 1.82) is 0 Å². The van der Waals surface area contributed by atoms with E-state index in [-0.39, 0.29) is 13.1 Å². The average Bonchev–Trinajstić information content (AvgIpc) is 1.82. The van der Waals surface area contributed by atoms with E-state index in [1.54, 1.807) is 0 Å². The Labute approximate surface area is 53.2 Å². The van der Waals surface area contributed by atoms with E-state index in [0.717, 1.165) is 0 Å². The summed E-state index contributed by atoms with van der Waals surface area (Å²) < 4.78 is 23.5. The molecule has 0 aliphatic carbocycles. The van der Waals surface area contributed by atoms with Gasteiger partial charge in [-0.3, -0.25) is 0 Å². The SMILES string of the molecule is NCCC(CN)C(F)F. The highest BCUT2D eigenvalue weighted by Crippen LogP contribution is 2.10. The highest BCUT2D eigenvalue weighted by atomic mass is 19.3. The molecular formula is C5H12F2N2. The Balaban J connectivity index is 3.41. The first-order valence-electron chi connectivity index (χ1n) is 2.90. The maximum atomic E-state index is 11.8. The van der Waals surface area contributed by atoms with Gasteiger partial charge in [-0.1, -0.05) is 0 Å². The van der Waals surface area contributed by atoms with E-state index in [2.05, 4.69) is 0 Å². The van der Waals surface area contributed by atoms with Gasteiger partial charge in [-0.15, -0.1) is 0 Å². The quantitative estimate of drug-likeness (QED) is 0.582. The molecule has 1 atom stereocenters. The van der Waals surface area contributed by atoms with Crippen molar-refractivity contribution in [2.24, 2.45) is 17.4 Å². The lowest BCUT2D eigenvalue weighted by atomic mass is 10.1. The molecule has 4 heteroatoms. The molecule has 0 rings (SSSR count). The second kappa shape index (κ2) is 4.64. The molecule has 4 N–H and O–H groups in total. The van der Waals surface area contributed by atoms with Gasteiger partial charge in [-0.25, -0.2) is 8.78 Å². The van der Waals surface area contributed by atoms with Crippen molar-refractivity contribution < 1.29 is 8.78 Å². The fourth-order valence-electron chi connectivity index (χ4n) is 0.561. The molecule has 1 unspecified atom stereocenters. The van der Waals surface area contributed by atoms with Gasteiger partial charge < -0.3 is 11.5 Å². The first kappa shape index (κ1) is 8.78. The normalized spacial score (nSPS) is 14.3. The number of alkyl halides is 2. The summed E-state index contributed by atoms with van der Waals surface area (Å²) in [6.45, 7) is 0.307. The van der Waals surface area contributed by atoms with Crippen LogP contribution in [0.4, 0.5) is 8.78 Å². The maximum absolute atomic E-state index is 11.8. The third kappa shape index (κ3) is 3.37. The minimum absolute atomic E-state index is 0.0227. The van der Waals surface area contributed by atoms with Gasteiger partial charge in [0.1, 0.15) is 0 Å². The molecule has 0 spiro atoms. The molecule has 56 valence electrons. The Morgan fingerprint density at radius 3 is 1.89 bits per heavy atom. The standard InChI is InChI=1S/C5H12F2N2/c6-5(7)4(3-9)1-2-8/h4-5H,1-3,8-9H2. The van der Waals surface area contributed by atoms with Crippen molar-refractivity contribution in [3.63, 3.8) is 0 Å². The van der Waals surface area contributed by atoms with Crippen molar-refractivity contribution >= 4 is 0 Å². The molecule has 2 nitrogen and oxygen atoms in total. The summed E-state index contributed by atoms with van der Waals surface area (Å²) in [6.07, 6.45) is -2.01. The molecule has 0 radical (unpaired) electrons. The van der Waals surface area contributed by atoms with Crippen molar-refractivity contribution in [3.8, 4) is 0 Å². The summed E-state index contributed by atoms with van der Waals surface area (Å²) in [4.78, 5) is 0. The van der Waals surface area contributed by atoms with Gasteiger partial charge in [-0.05, 0) is 13.0 Å². The van der Waals surface area contributed by atoms with Crippen LogP contribution in [0.5, 0.6) is 0 Å². The van der Waals surface area contributed by atoms with Gasteiger partial charge in [0.05, 0.1) is 0 Å². The molecule has 0 saturated carbocycles. The third-order valence-electron chi connectivity index (χ3n) is 1.20. The van der Waals surface area contributed by atoms with E-state index in [9.17, 15) is 8.78 Å². The minimum Gasteiger partial charge on any atom is -0.330 e. The highest BCUT2D eigenvalue weighted by Gasteiger charge is 2.16. The second-order valence-electron chi connectivity index (χ2n) is 1.91. The topological polar surface area (TPSA) is 52.0 Å². The number of halogens is 2. The zero-order valence-electron chi connectivity index (χ0n) is 5.19. The monoisotopic (exact) mass is 138 g/mol. The molecule has 0 aromatic carbocycles. The van der Waals surface area contributed by atoms with Crippen LogP contribution in [-0.2, 0) is 0 Å². The Morgan fingerprint density at radius 1 is 1.22 bits per heavy atom. The van der Waals surface area contributed by atoms with Crippen LogP contribution in [0.3, 0.4) is 0 Å². The van der Waals surface area contributed by atoms with E-state index < -0.39 is 12.3 Å². The Bertz CT molecular complexity index is 68.0. The molecule has 0 amide bonds. The maximum Gasteiger partial charge on any atom is 0.242 e. The predicted molar refractivity (Wildman–Crippen MR) is 32.2 cm³/mol. The van der Waals surface area contributed by atoms with Gasteiger partial charge in [0.2, 0.25) is 6.43 Å². The second-order valence-corrected chi connectivity index (χ2v) is 1.91. The van der Waals surface area contributed by atoms with E-state index in [0.29, 0.717) is 6.42 Å². The van der Waals surface area contributed by atoms with Gasteiger partial charge in [-0.2, -0.15) is 0 Å². The smallest absolute Gasteiger partial charge is 0.242 e. The summed E-state index contributed by atoms with van der Waals surface area (Å²) in [5.41, 5.74) is 10.1. The van der Waals surface area contributed by atoms with Crippen molar-refractivity contribution in [2.45, 2.75) is 12.8 Å². The van der Waals surface area contributed by atoms with Crippen LogP contribution in [0.2, 0.25) is 0 Å². The van der Waals surface area contributed by atoms with Crippen LogP contribution in [0, 0.1) is 5.92 Å². The van der Waals surface area contributed by atoms with Crippen LogP contribution >= 0.6 is 0 Å². The van der Waals surface area contributed by atoms with Crippen LogP contribution in [0.1, 0.15) is 6.42 Å². The van der Waals surface area contributed by atoms with Gasteiger partial charge in [0, 0.05) is 12.5 Å². The first-order chi connectivity index (χ1) is 4.22. The molecule has 0 heterocycles. The molecular weight excluding hydrogens is 126 g/mol. The van der Waals surface area contributed by atoms with Crippen molar-refractivity contribution in [1.82, 2.24) is 0 Å². The van der Waals surface area contributed by atoms with Gasteiger partial charge in [0.15, 0.2) is 0 Å². The van der Waals surface area contributed by atoms with Crippen LogP contribution in [0.25, 0.3) is 0 Å². The number of rotatable bonds is 4. The van der Waals surface area contributed by atoms with Gasteiger partial charge >= 0.3 is 0 Å². The van der Waals surface area contributed by atoms with E-state index in [1.165, 1.54) is 0 Å². The fourth-order valence-corrected chi connectivity index (χ4v) is 0.561. The fraction of sp³-hybridized carbons (Fsp3) is 1.00. The molecule has 0 aliphatic rings. The molecule has 9 heavy (non-hydrogen) atoms. The molecule has 0 aromatic rings. The molecule has 0 saturated heterocycles. The summed E-state index contributed by atoms with van der Waals surface area (Å²) in [5.74, 6) is -0.713.